The molecule has 1 heterocycles. The Labute approximate surface area is 56.8 Å². The monoisotopic (exact) mass is 128 g/mol. The third kappa shape index (κ3) is 1.25. The molecule has 2 atom stereocenters. The molecule has 54 valence electrons. The summed E-state index contributed by atoms with van der Waals surface area (Å²) in [6, 6.07) is 0.495. The van der Waals surface area contributed by atoms with Gasteiger partial charge in [0, 0.05) is 13.2 Å². The molecule has 1 aliphatic rings. The second kappa shape index (κ2) is 2.67. The third-order valence-corrected chi connectivity index (χ3v) is 2.12. The molecule has 1 fully saturated rings. The molecule has 1 aliphatic heterocycles. The van der Waals surface area contributed by atoms with Crippen molar-refractivity contribution in [2.24, 2.45) is 0 Å². The number of hydrogen-bond donors (Lipinski definition) is 0. The topological polar surface area (TPSA) is 12.5 Å². The van der Waals surface area contributed by atoms with Crippen LogP contribution in [0.15, 0.2) is 0 Å². The van der Waals surface area contributed by atoms with Gasteiger partial charge in [0.15, 0.2) is 0 Å². The van der Waals surface area contributed by atoms with Gasteiger partial charge in [-0.15, -0.1) is 0 Å². The summed E-state index contributed by atoms with van der Waals surface area (Å²) in [5.74, 6) is 0. The van der Waals surface area contributed by atoms with Crippen molar-refractivity contribution < 1.29 is 4.74 Å². The van der Waals surface area contributed by atoms with E-state index in [0.717, 1.165) is 13.0 Å². The van der Waals surface area contributed by atoms with Crippen LogP contribution in [0.1, 0.15) is 13.3 Å². The minimum absolute atomic E-state index is 0.405. The molecule has 0 aromatic heterocycles. The first-order chi connectivity index (χ1) is 4.25. The van der Waals surface area contributed by atoms with Gasteiger partial charge in [-0.1, -0.05) is 0 Å². The minimum Gasteiger partial charge on any atom is -0.455 e. The van der Waals surface area contributed by atoms with Crippen molar-refractivity contribution in [2.75, 3.05) is 13.7 Å². The van der Waals surface area contributed by atoms with Crippen LogP contribution in [0.2, 0.25) is 0 Å². The Hall–Kier alpha value is -0.0800. The van der Waals surface area contributed by atoms with E-state index in [1.54, 1.807) is 7.11 Å². The molecule has 0 aromatic carbocycles. The maximum Gasteiger partial charge on any atom is 0.0711 e. The standard InChI is InChI=1S/C7H14NO/c1-6-7(9-3)4-5-8(6)2/h6-7H,2,4-5H2,1,3H3/q-1/t6-,7+/m0/s1. The molecule has 0 aliphatic carbocycles. The summed E-state index contributed by atoms with van der Waals surface area (Å²) in [6.45, 7) is 3.22. The zero-order valence-electron chi connectivity index (χ0n) is 6.13. The smallest absolute Gasteiger partial charge is 0.0711 e. The number of rotatable bonds is 1. The Morgan fingerprint density at radius 3 is 2.56 bits per heavy atom. The van der Waals surface area contributed by atoms with Gasteiger partial charge in [-0.25, -0.2) is 0 Å². The average molecular weight is 128 g/mol. The summed E-state index contributed by atoms with van der Waals surface area (Å²) in [7, 11) is 5.63. The summed E-state index contributed by atoms with van der Waals surface area (Å²) in [6.07, 6.45) is 1.53. The Morgan fingerprint density at radius 2 is 2.33 bits per heavy atom. The van der Waals surface area contributed by atoms with E-state index in [1.165, 1.54) is 0 Å². The highest BCUT2D eigenvalue weighted by molar-refractivity contribution is 4.83. The van der Waals surface area contributed by atoms with Gasteiger partial charge in [0.1, 0.15) is 0 Å². The molecule has 9 heavy (non-hydrogen) atoms. The zero-order valence-corrected chi connectivity index (χ0v) is 6.13. The van der Waals surface area contributed by atoms with Crippen LogP contribution >= 0.6 is 0 Å². The number of hydrogen-bond acceptors (Lipinski definition) is 2. The summed E-state index contributed by atoms with van der Waals surface area (Å²) in [4.78, 5) is 2.08. The largest absolute Gasteiger partial charge is 0.455 e. The molecule has 0 saturated carbocycles. The summed E-state index contributed by atoms with van der Waals surface area (Å²) in [5, 5.41) is 0. The van der Waals surface area contributed by atoms with Crippen molar-refractivity contribution >= 4 is 0 Å². The van der Waals surface area contributed by atoms with E-state index >= 15 is 0 Å². The van der Waals surface area contributed by atoms with Crippen molar-refractivity contribution in [2.45, 2.75) is 25.5 Å². The summed E-state index contributed by atoms with van der Waals surface area (Å²) >= 11 is 0. The van der Waals surface area contributed by atoms with E-state index in [4.69, 9.17) is 4.74 Å². The minimum atomic E-state index is 0.405. The van der Waals surface area contributed by atoms with Gasteiger partial charge in [-0.3, -0.25) is 7.05 Å². The van der Waals surface area contributed by atoms with Crippen molar-refractivity contribution in [1.29, 1.82) is 0 Å². The number of nitrogens with zero attached hydrogens (tertiary/aromatic N) is 1. The highest BCUT2D eigenvalue weighted by Gasteiger charge is 2.23. The van der Waals surface area contributed by atoms with E-state index in [-0.39, 0.29) is 0 Å². The maximum absolute atomic E-state index is 5.21. The first-order valence-electron chi connectivity index (χ1n) is 3.35. The van der Waals surface area contributed by atoms with Crippen LogP contribution in [0.5, 0.6) is 0 Å². The average Bonchev–Trinajstić information content (AvgIpc) is 2.15. The fourth-order valence-electron chi connectivity index (χ4n) is 1.29. The van der Waals surface area contributed by atoms with Crippen LogP contribution in [-0.2, 0) is 4.74 Å². The van der Waals surface area contributed by atoms with Gasteiger partial charge in [0.05, 0.1) is 6.10 Å². The molecule has 2 nitrogen and oxygen atoms in total. The Bertz CT molecular complexity index is 94.9. The van der Waals surface area contributed by atoms with Gasteiger partial charge >= 0.3 is 0 Å². The predicted octanol–water partition coefficient (Wildman–Crippen LogP) is 0.887. The molecular weight excluding hydrogens is 114 g/mol. The lowest BCUT2D eigenvalue weighted by Crippen LogP contribution is -2.28. The molecule has 2 heteroatoms. The van der Waals surface area contributed by atoms with E-state index < -0.39 is 0 Å². The second-order valence-corrected chi connectivity index (χ2v) is 2.62. The molecule has 0 amide bonds. The molecule has 0 N–H and O–H groups in total. The van der Waals surface area contributed by atoms with Gasteiger partial charge in [-0.05, 0) is 19.9 Å². The highest BCUT2D eigenvalue weighted by atomic mass is 16.5. The van der Waals surface area contributed by atoms with Crippen molar-refractivity contribution in [3.63, 3.8) is 0 Å². The van der Waals surface area contributed by atoms with Gasteiger partial charge in [0.25, 0.3) is 0 Å². The van der Waals surface area contributed by atoms with Crippen LogP contribution in [0.3, 0.4) is 0 Å². The van der Waals surface area contributed by atoms with Crippen molar-refractivity contribution in [1.82, 2.24) is 4.90 Å². The Balaban J connectivity index is 2.41. The van der Waals surface area contributed by atoms with E-state index in [0.29, 0.717) is 12.1 Å². The molecule has 0 spiro atoms. The van der Waals surface area contributed by atoms with Gasteiger partial charge in [-0.2, -0.15) is 0 Å². The maximum atomic E-state index is 5.21. The summed E-state index contributed by atoms with van der Waals surface area (Å²) < 4.78 is 5.21. The Morgan fingerprint density at radius 1 is 1.67 bits per heavy atom. The lowest BCUT2D eigenvalue weighted by atomic mass is 10.2. The van der Waals surface area contributed by atoms with Crippen LogP contribution in [0, 0.1) is 7.05 Å². The first kappa shape index (κ1) is 7.03. The van der Waals surface area contributed by atoms with E-state index in [2.05, 4.69) is 18.9 Å². The lowest BCUT2D eigenvalue weighted by molar-refractivity contribution is 0.0818. The fraction of sp³-hybridized carbons (Fsp3) is 0.857. The number of likely N-dealkylation sites (tertiary alicyclic amines) is 1. The van der Waals surface area contributed by atoms with Crippen LogP contribution in [0.4, 0.5) is 0 Å². The molecular formula is C7H14NO-. The zero-order chi connectivity index (χ0) is 6.85. The van der Waals surface area contributed by atoms with E-state index in [9.17, 15) is 0 Å². The van der Waals surface area contributed by atoms with Crippen LogP contribution in [-0.4, -0.2) is 30.7 Å². The molecule has 1 rings (SSSR count). The normalized spacial score (nSPS) is 37.7. The molecule has 1 saturated heterocycles. The van der Waals surface area contributed by atoms with E-state index in [1.807, 2.05) is 0 Å². The van der Waals surface area contributed by atoms with Crippen LogP contribution < -0.4 is 0 Å². The van der Waals surface area contributed by atoms with Gasteiger partial charge in [0.2, 0.25) is 0 Å². The number of methoxy groups -OCH3 is 1. The summed E-state index contributed by atoms with van der Waals surface area (Å²) in [5.41, 5.74) is 0. The van der Waals surface area contributed by atoms with Crippen LogP contribution in [0.25, 0.3) is 0 Å². The number of ether oxygens (including phenoxy) is 1. The highest BCUT2D eigenvalue weighted by Crippen LogP contribution is 2.17. The fourth-order valence-corrected chi connectivity index (χ4v) is 1.29. The van der Waals surface area contributed by atoms with Crippen molar-refractivity contribution in [3.8, 4) is 0 Å². The molecule has 0 unspecified atom stereocenters. The molecule has 0 radical (unpaired) electrons. The first-order valence-corrected chi connectivity index (χ1v) is 3.35. The molecule has 0 bridgehead atoms. The third-order valence-electron chi connectivity index (χ3n) is 2.12. The SMILES string of the molecule is [CH2-]N1CC[C@@H](OC)[C@@H]1C. The molecule has 0 aromatic rings. The Kier molecular flexibility index (Phi) is 2.09. The quantitative estimate of drug-likeness (QED) is 0.486. The predicted molar refractivity (Wildman–Crippen MR) is 36.9 cm³/mol. The van der Waals surface area contributed by atoms with Crippen molar-refractivity contribution in [3.05, 3.63) is 7.05 Å². The second-order valence-electron chi connectivity index (χ2n) is 2.62. The lowest BCUT2D eigenvalue weighted by Gasteiger charge is -2.25. The van der Waals surface area contributed by atoms with Gasteiger partial charge < -0.3 is 9.64 Å².